The lowest BCUT2D eigenvalue weighted by Gasteiger charge is -2.29. The smallest absolute Gasteiger partial charge is 0.222 e. The van der Waals surface area contributed by atoms with E-state index in [9.17, 15) is 13.2 Å². The highest BCUT2D eigenvalue weighted by molar-refractivity contribution is 7.91. The van der Waals surface area contributed by atoms with E-state index < -0.39 is 15.1 Å². The van der Waals surface area contributed by atoms with E-state index in [1.54, 1.807) is 27.0 Å². The fraction of sp³-hybridized carbons (Fsp3) is 0.533. The van der Waals surface area contributed by atoms with Gasteiger partial charge in [-0.25, -0.2) is 8.42 Å². The van der Waals surface area contributed by atoms with Gasteiger partial charge in [0.15, 0.2) is 9.84 Å². The molecule has 1 aromatic rings. The Kier molecular flexibility index (Phi) is 5.78. The van der Waals surface area contributed by atoms with Crippen molar-refractivity contribution < 1.29 is 13.2 Å². The zero-order chi connectivity index (χ0) is 16.2. The van der Waals surface area contributed by atoms with Gasteiger partial charge in [-0.1, -0.05) is 18.2 Å². The molecule has 2 N–H and O–H groups in total. The molecule has 1 amide bonds. The first-order valence-electron chi connectivity index (χ1n) is 6.92. The lowest BCUT2D eigenvalue weighted by Crippen LogP contribution is -2.44. The van der Waals surface area contributed by atoms with Crippen LogP contribution in [0.25, 0.3) is 0 Å². The van der Waals surface area contributed by atoms with Gasteiger partial charge in [-0.05, 0) is 31.9 Å². The fourth-order valence-electron chi connectivity index (χ4n) is 2.08. The average Bonchev–Trinajstić information content (AvgIpc) is 2.42. The van der Waals surface area contributed by atoms with Gasteiger partial charge >= 0.3 is 0 Å². The number of nitrogens with two attached hydrogens (primary N) is 1. The molecule has 5 nitrogen and oxygen atoms in total. The Hall–Kier alpha value is -1.56. The summed E-state index contributed by atoms with van der Waals surface area (Å²) in [6.45, 7) is 3.37. The maximum atomic E-state index is 12.2. The van der Waals surface area contributed by atoms with E-state index >= 15 is 0 Å². The van der Waals surface area contributed by atoms with Crippen molar-refractivity contribution >= 4 is 21.4 Å². The number of benzene rings is 1. The molecule has 0 radical (unpaired) electrons. The summed E-state index contributed by atoms with van der Waals surface area (Å²) in [5.41, 5.74) is 7.45. The minimum atomic E-state index is -3.17. The monoisotopic (exact) mass is 312 g/mol. The molecule has 1 aromatic carbocycles. The third kappa shape index (κ3) is 4.74. The molecule has 6 heteroatoms. The lowest BCUT2D eigenvalue weighted by molar-refractivity contribution is -0.131. The molecule has 0 saturated carbocycles. The third-order valence-electron chi connectivity index (χ3n) is 4.02. The Morgan fingerprint density at radius 2 is 1.86 bits per heavy atom. The summed E-state index contributed by atoms with van der Waals surface area (Å²) in [6.07, 6.45) is 2.05. The molecule has 118 valence electrons. The van der Waals surface area contributed by atoms with Gasteiger partial charge in [0.2, 0.25) is 5.91 Å². The molecule has 0 aliphatic heterocycles. The number of hydrogen-bond acceptors (Lipinski definition) is 4. The van der Waals surface area contributed by atoms with Crippen LogP contribution in [0, 0.1) is 0 Å². The molecule has 0 heterocycles. The van der Waals surface area contributed by atoms with E-state index in [1.807, 2.05) is 18.2 Å². The number of anilines is 1. The summed E-state index contributed by atoms with van der Waals surface area (Å²) in [7, 11) is -1.53. The second-order valence-corrected chi connectivity index (χ2v) is 7.88. The first kappa shape index (κ1) is 17.5. The number of nitrogens with zero attached hydrogens (tertiary/aromatic N) is 1. The predicted octanol–water partition coefficient (Wildman–Crippen LogP) is 1.48. The van der Waals surface area contributed by atoms with Gasteiger partial charge in [-0.3, -0.25) is 4.79 Å². The molecule has 0 aromatic heterocycles. The lowest BCUT2D eigenvalue weighted by atomic mass is 10.1. The highest BCUT2D eigenvalue weighted by Gasteiger charge is 2.27. The summed E-state index contributed by atoms with van der Waals surface area (Å²) < 4.78 is 23.1. The largest absolute Gasteiger partial charge is 0.399 e. The Labute approximate surface area is 127 Å². The van der Waals surface area contributed by atoms with Crippen molar-refractivity contribution in [3.63, 3.8) is 0 Å². The molecule has 1 rings (SSSR count). The summed E-state index contributed by atoms with van der Waals surface area (Å²) in [5.74, 6) is -0.0822. The Morgan fingerprint density at radius 3 is 2.38 bits per heavy atom. The van der Waals surface area contributed by atoms with E-state index in [0.717, 1.165) is 5.56 Å². The number of amides is 1. The van der Waals surface area contributed by atoms with Crippen LogP contribution in [0.2, 0.25) is 0 Å². The summed E-state index contributed by atoms with van der Waals surface area (Å²) >= 11 is 0. The number of rotatable bonds is 6. The first-order valence-corrected chi connectivity index (χ1v) is 8.88. The second-order valence-electron chi connectivity index (χ2n) is 5.48. The van der Waals surface area contributed by atoms with Gasteiger partial charge < -0.3 is 10.6 Å². The number of carbonyl (C=O) groups is 1. The average molecular weight is 312 g/mol. The van der Waals surface area contributed by atoms with Gasteiger partial charge in [0.05, 0.1) is 5.25 Å². The number of nitrogen functional groups attached to an aromatic ring is 1. The SMILES string of the molecule is CC(C(C)S(C)(=O)=O)N(C)C(=O)CCc1ccccc1N. The molecule has 0 aliphatic carbocycles. The predicted molar refractivity (Wildman–Crippen MR) is 85.7 cm³/mol. The highest BCUT2D eigenvalue weighted by atomic mass is 32.2. The maximum Gasteiger partial charge on any atom is 0.222 e. The molecule has 21 heavy (non-hydrogen) atoms. The third-order valence-corrected chi connectivity index (χ3v) is 5.77. The number of aryl methyl sites for hydroxylation is 1. The van der Waals surface area contributed by atoms with Crippen molar-refractivity contribution in [3.8, 4) is 0 Å². The Bertz CT molecular complexity index is 599. The summed E-state index contributed by atoms with van der Waals surface area (Å²) in [5, 5.41) is -0.590. The standard InChI is InChI=1S/C15H24N2O3S/c1-11(12(2)21(4,19)20)17(3)15(18)10-9-13-7-5-6-8-14(13)16/h5-8,11-12H,9-10,16H2,1-4H3. The van der Waals surface area contributed by atoms with Gasteiger partial charge in [-0.2, -0.15) is 0 Å². The van der Waals surface area contributed by atoms with Crippen molar-refractivity contribution in [3.05, 3.63) is 29.8 Å². The van der Waals surface area contributed by atoms with Crippen LogP contribution in [0.5, 0.6) is 0 Å². The normalized spacial score (nSPS) is 14.5. The van der Waals surface area contributed by atoms with Gasteiger partial charge in [0.1, 0.15) is 0 Å². The minimum Gasteiger partial charge on any atom is -0.399 e. The van der Waals surface area contributed by atoms with E-state index in [-0.39, 0.29) is 11.9 Å². The fourth-order valence-corrected chi connectivity index (χ4v) is 2.98. The van der Waals surface area contributed by atoms with E-state index in [1.165, 1.54) is 11.2 Å². The quantitative estimate of drug-likeness (QED) is 0.807. The Balaban J connectivity index is 2.65. The molecule has 0 saturated heterocycles. The summed E-state index contributed by atoms with van der Waals surface area (Å²) in [6, 6.07) is 7.07. The zero-order valence-corrected chi connectivity index (χ0v) is 13.9. The van der Waals surface area contributed by atoms with E-state index in [0.29, 0.717) is 18.5 Å². The molecular formula is C15H24N2O3S. The molecule has 2 unspecified atom stereocenters. The summed E-state index contributed by atoms with van der Waals surface area (Å²) in [4.78, 5) is 13.7. The van der Waals surface area contributed by atoms with E-state index in [2.05, 4.69) is 0 Å². The van der Waals surface area contributed by atoms with Crippen LogP contribution in [0.3, 0.4) is 0 Å². The van der Waals surface area contributed by atoms with Crippen LogP contribution in [0.15, 0.2) is 24.3 Å². The maximum absolute atomic E-state index is 12.2. The topological polar surface area (TPSA) is 80.5 Å². The Morgan fingerprint density at radius 1 is 1.29 bits per heavy atom. The number of para-hydroxylation sites is 1. The van der Waals surface area contributed by atoms with Crippen LogP contribution >= 0.6 is 0 Å². The second kappa shape index (κ2) is 6.93. The van der Waals surface area contributed by atoms with Crippen molar-refractivity contribution in [1.29, 1.82) is 0 Å². The number of carbonyl (C=O) groups excluding carboxylic acids is 1. The van der Waals surface area contributed by atoms with Crippen LogP contribution in [0.1, 0.15) is 25.8 Å². The number of sulfone groups is 1. The van der Waals surface area contributed by atoms with Crippen LogP contribution in [-0.4, -0.2) is 43.8 Å². The van der Waals surface area contributed by atoms with Crippen LogP contribution in [-0.2, 0) is 21.1 Å². The number of hydrogen-bond donors (Lipinski definition) is 1. The van der Waals surface area contributed by atoms with Gasteiger partial charge in [0.25, 0.3) is 0 Å². The van der Waals surface area contributed by atoms with E-state index in [4.69, 9.17) is 5.73 Å². The minimum absolute atomic E-state index is 0.0822. The van der Waals surface area contributed by atoms with Crippen LogP contribution < -0.4 is 5.73 Å². The van der Waals surface area contributed by atoms with Crippen molar-refractivity contribution in [1.82, 2.24) is 4.90 Å². The highest BCUT2D eigenvalue weighted by Crippen LogP contribution is 2.15. The molecule has 0 aliphatic rings. The molecule has 2 atom stereocenters. The zero-order valence-electron chi connectivity index (χ0n) is 13.0. The molecular weight excluding hydrogens is 288 g/mol. The molecule has 0 fully saturated rings. The van der Waals surface area contributed by atoms with Gasteiger partial charge in [0, 0.05) is 31.5 Å². The van der Waals surface area contributed by atoms with Gasteiger partial charge in [-0.15, -0.1) is 0 Å². The van der Waals surface area contributed by atoms with Crippen molar-refractivity contribution in [2.24, 2.45) is 0 Å². The molecule has 0 bridgehead atoms. The molecule has 0 spiro atoms. The van der Waals surface area contributed by atoms with Crippen molar-refractivity contribution in [2.45, 2.75) is 38.0 Å². The first-order chi connectivity index (χ1) is 9.64. The van der Waals surface area contributed by atoms with Crippen molar-refractivity contribution in [2.75, 3.05) is 19.0 Å². The van der Waals surface area contributed by atoms with Crippen LogP contribution in [0.4, 0.5) is 5.69 Å².